The number of benzene rings is 1. The summed E-state index contributed by atoms with van der Waals surface area (Å²) < 4.78 is 5.32. The lowest BCUT2D eigenvalue weighted by molar-refractivity contribution is -0.142. The van der Waals surface area contributed by atoms with Crippen LogP contribution in [0.4, 0.5) is 0 Å². The average molecular weight is 555 g/mol. The van der Waals surface area contributed by atoms with E-state index >= 15 is 0 Å². The molecule has 1 aromatic carbocycles. The second kappa shape index (κ2) is 21.2. The Kier molecular flexibility index (Phi) is 18.8. The molecule has 0 aliphatic rings. The van der Waals surface area contributed by atoms with Gasteiger partial charge in [-0.3, -0.25) is 9.59 Å². The molecule has 226 valence electrons. The number of methoxy groups -OCH3 is 1. The first-order valence-corrected chi connectivity index (χ1v) is 15.7. The van der Waals surface area contributed by atoms with Crippen LogP contribution < -0.4 is 10.1 Å². The molecule has 1 rings (SSSR count). The van der Waals surface area contributed by atoms with E-state index in [1.54, 1.807) is 7.11 Å². The van der Waals surface area contributed by atoms with Crippen LogP contribution in [0.3, 0.4) is 0 Å². The first-order chi connectivity index (χ1) is 19.2. The molecule has 1 aromatic rings. The van der Waals surface area contributed by atoms with Crippen LogP contribution in [0, 0.1) is 0 Å². The molecule has 0 heterocycles. The fourth-order valence-corrected chi connectivity index (χ4v) is 4.93. The highest BCUT2D eigenvalue weighted by Gasteiger charge is 2.31. The summed E-state index contributed by atoms with van der Waals surface area (Å²) in [6.45, 7) is 14.0. The predicted octanol–water partition coefficient (Wildman–Crippen LogP) is 8.92. The molecule has 0 radical (unpaired) electrons. The largest absolute Gasteiger partial charge is 0.497 e. The zero-order valence-corrected chi connectivity index (χ0v) is 26.1. The molecule has 0 aliphatic heterocycles. The smallest absolute Gasteiger partial charge is 0.243 e. The lowest BCUT2D eigenvalue weighted by Gasteiger charge is -2.34. The third kappa shape index (κ3) is 16.5. The molecule has 5 nitrogen and oxygen atoms in total. The average Bonchev–Trinajstić information content (AvgIpc) is 2.92. The molecule has 40 heavy (non-hydrogen) atoms. The van der Waals surface area contributed by atoms with Crippen LogP contribution in [-0.2, 0) is 16.1 Å². The summed E-state index contributed by atoms with van der Waals surface area (Å²) in [7, 11) is 1.65. The van der Waals surface area contributed by atoms with E-state index in [4.69, 9.17) is 4.74 Å². The molecule has 0 spiro atoms. The van der Waals surface area contributed by atoms with E-state index in [2.05, 4.69) is 18.5 Å². The molecule has 0 fully saturated rings. The summed E-state index contributed by atoms with van der Waals surface area (Å²) in [4.78, 5) is 29.1. The molecule has 0 aliphatic carbocycles. The Balaban J connectivity index is 2.92. The Morgan fingerprint density at radius 1 is 0.825 bits per heavy atom. The van der Waals surface area contributed by atoms with E-state index in [-0.39, 0.29) is 17.4 Å². The highest BCUT2D eigenvalue weighted by molar-refractivity contribution is 5.88. The zero-order chi connectivity index (χ0) is 29.6. The van der Waals surface area contributed by atoms with Gasteiger partial charge in [-0.15, -0.1) is 13.2 Å². The number of carbonyl (C=O) groups is 2. The number of amides is 2. The SMILES string of the molecule is C=CCCCCCCCCC(=O)N(Cc1ccc(OC)cc1)C(CCCCCCCCC=C)C(=O)NC(C)(C)C. The Hall–Kier alpha value is -2.56. The summed E-state index contributed by atoms with van der Waals surface area (Å²) in [6, 6.07) is 7.34. The molecule has 1 atom stereocenters. The van der Waals surface area contributed by atoms with E-state index in [9.17, 15) is 9.59 Å². The van der Waals surface area contributed by atoms with Crippen molar-refractivity contribution in [2.45, 2.75) is 142 Å². The topological polar surface area (TPSA) is 58.6 Å². The number of ether oxygens (including phenoxy) is 1. The molecule has 0 aromatic heterocycles. The van der Waals surface area contributed by atoms with Crippen LogP contribution in [0.1, 0.15) is 129 Å². The number of hydrogen-bond donors (Lipinski definition) is 1. The van der Waals surface area contributed by atoms with Crippen molar-refractivity contribution >= 4 is 11.8 Å². The standard InChI is InChI=1S/C35H58N2O3/c1-7-9-11-13-15-17-19-21-23-32(34(39)36-35(3,4)5)37(29-30-25-27-31(40-6)28-26-30)33(38)24-22-20-18-16-14-12-10-8-2/h7-8,25-28,32H,1-2,9-24,29H2,3-6H3,(H,36,39). The van der Waals surface area contributed by atoms with Crippen molar-refractivity contribution in [2.75, 3.05) is 7.11 Å². The molecule has 5 heteroatoms. The minimum absolute atomic E-state index is 0.0532. The summed E-state index contributed by atoms with van der Waals surface area (Å²) in [6.07, 6.45) is 20.7. The van der Waals surface area contributed by atoms with Gasteiger partial charge in [-0.1, -0.05) is 82.1 Å². The van der Waals surface area contributed by atoms with Gasteiger partial charge in [-0.25, -0.2) is 0 Å². The number of nitrogens with zero attached hydrogens (tertiary/aromatic N) is 1. The third-order valence-corrected chi connectivity index (χ3v) is 7.19. The van der Waals surface area contributed by atoms with Gasteiger partial charge in [0.1, 0.15) is 11.8 Å². The number of nitrogens with one attached hydrogen (secondary N) is 1. The van der Waals surface area contributed by atoms with Crippen molar-refractivity contribution in [1.29, 1.82) is 0 Å². The van der Waals surface area contributed by atoms with Crippen LogP contribution in [-0.4, -0.2) is 35.4 Å². The summed E-state index contributed by atoms with van der Waals surface area (Å²) in [5, 5.41) is 3.17. The monoisotopic (exact) mass is 554 g/mol. The van der Waals surface area contributed by atoms with Gasteiger partial charge in [0.25, 0.3) is 0 Å². The Morgan fingerprint density at radius 3 is 1.82 bits per heavy atom. The molecule has 0 saturated carbocycles. The fourth-order valence-electron chi connectivity index (χ4n) is 4.93. The number of hydrogen-bond acceptors (Lipinski definition) is 3. The van der Waals surface area contributed by atoms with Gasteiger partial charge in [0.05, 0.1) is 7.11 Å². The van der Waals surface area contributed by atoms with Crippen LogP contribution >= 0.6 is 0 Å². The normalized spacial score (nSPS) is 12.0. The molecule has 0 saturated heterocycles. The van der Waals surface area contributed by atoms with E-state index in [1.165, 1.54) is 38.5 Å². The van der Waals surface area contributed by atoms with Crippen molar-refractivity contribution in [3.8, 4) is 5.75 Å². The van der Waals surface area contributed by atoms with Gasteiger partial charge in [-0.2, -0.15) is 0 Å². The van der Waals surface area contributed by atoms with Crippen molar-refractivity contribution in [2.24, 2.45) is 0 Å². The van der Waals surface area contributed by atoms with Gasteiger partial charge < -0.3 is 15.0 Å². The minimum atomic E-state index is -0.478. The van der Waals surface area contributed by atoms with Crippen molar-refractivity contribution in [1.82, 2.24) is 10.2 Å². The zero-order valence-electron chi connectivity index (χ0n) is 26.1. The lowest BCUT2D eigenvalue weighted by Crippen LogP contribution is -2.53. The Morgan fingerprint density at radius 2 is 1.32 bits per heavy atom. The van der Waals surface area contributed by atoms with Crippen molar-refractivity contribution < 1.29 is 14.3 Å². The first-order valence-electron chi connectivity index (χ1n) is 15.7. The van der Waals surface area contributed by atoms with Gasteiger partial charge in [-0.05, 0) is 77.0 Å². The van der Waals surface area contributed by atoms with Crippen molar-refractivity contribution in [3.05, 3.63) is 55.1 Å². The van der Waals surface area contributed by atoms with E-state index in [0.717, 1.165) is 62.7 Å². The highest BCUT2D eigenvalue weighted by atomic mass is 16.5. The Labute approximate surface area is 245 Å². The summed E-state index contributed by atoms with van der Waals surface area (Å²) in [5.41, 5.74) is 0.646. The molecule has 1 N–H and O–H groups in total. The number of unbranched alkanes of at least 4 members (excludes halogenated alkanes) is 12. The van der Waals surface area contributed by atoms with Gasteiger partial charge in [0.15, 0.2) is 0 Å². The molecule has 2 amide bonds. The van der Waals surface area contributed by atoms with Crippen molar-refractivity contribution in [3.63, 3.8) is 0 Å². The molecular formula is C35H58N2O3. The number of allylic oxidation sites excluding steroid dienone is 2. The maximum Gasteiger partial charge on any atom is 0.243 e. The summed E-state index contributed by atoms with van der Waals surface area (Å²) in [5.74, 6) is 0.799. The van der Waals surface area contributed by atoms with Gasteiger partial charge >= 0.3 is 0 Å². The van der Waals surface area contributed by atoms with Crippen LogP contribution in [0.15, 0.2) is 49.6 Å². The highest BCUT2D eigenvalue weighted by Crippen LogP contribution is 2.21. The Bertz CT molecular complexity index is 841. The molecular weight excluding hydrogens is 496 g/mol. The lowest BCUT2D eigenvalue weighted by atomic mass is 10.00. The number of rotatable bonds is 23. The van der Waals surface area contributed by atoms with Crippen LogP contribution in [0.5, 0.6) is 5.75 Å². The van der Waals surface area contributed by atoms with Gasteiger partial charge in [0, 0.05) is 18.5 Å². The first kappa shape index (κ1) is 35.5. The number of carbonyl (C=O) groups excluding carboxylic acids is 2. The fraction of sp³-hybridized carbons (Fsp3) is 0.657. The van der Waals surface area contributed by atoms with E-state index < -0.39 is 6.04 Å². The molecule has 1 unspecified atom stereocenters. The van der Waals surface area contributed by atoms with Gasteiger partial charge in [0.2, 0.25) is 11.8 Å². The van der Waals surface area contributed by atoms with E-state index in [1.807, 2.05) is 62.1 Å². The van der Waals surface area contributed by atoms with E-state index in [0.29, 0.717) is 19.4 Å². The quantitative estimate of drug-likeness (QED) is 0.108. The molecule has 0 bridgehead atoms. The predicted molar refractivity (Wildman–Crippen MR) is 169 cm³/mol. The third-order valence-electron chi connectivity index (χ3n) is 7.19. The minimum Gasteiger partial charge on any atom is -0.497 e. The summed E-state index contributed by atoms with van der Waals surface area (Å²) >= 11 is 0. The second-order valence-electron chi connectivity index (χ2n) is 12.1. The van der Waals surface area contributed by atoms with Crippen LogP contribution in [0.2, 0.25) is 0 Å². The maximum absolute atomic E-state index is 13.7. The maximum atomic E-state index is 13.7. The van der Waals surface area contributed by atoms with Crippen LogP contribution in [0.25, 0.3) is 0 Å². The second-order valence-corrected chi connectivity index (χ2v) is 12.1.